The highest BCUT2D eigenvalue weighted by molar-refractivity contribution is 6.60. The first-order chi connectivity index (χ1) is 8.53. The SMILES string of the molecule is CC1(C)COB(c2cc3cc(F)ccc3o2)OC1. The number of fused-ring (bicyclic) bond motifs is 1. The number of furan rings is 1. The third-order valence-corrected chi connectivity index (χ3v) is 2.98. The Kier molecular flexibility index (Phi) is 2.68. The van der Waals surface area contributed by atoms with Gasteiger partial charge in [-0.2, -0.15) is 0 Å². The first-order valence-electron chi connectivity index (χ1n) is 5.96. The zero-order valence-electron chi connectivity index (χ0n) is 10.4. The molecule has 5 heteroatoms. The zero-order chi connectivity index (χ0) is 12.8. The third kappa shape index (κ3) is 2.16. The van der Waals surface area contributed by atoms with E-state index < -0.39 is 7.12 Å². The minimum absolute atomic E-state index is 0.0224. The van der Waals surface area contributed by atoms with Gasteiger partial charge in [0.1, 0.15) is 17.1 Å². The molecule has 94 valence electrons. The summed E-state index contributed by atoms with van der Waals surface area (Å²) >= 11 is 0. The van der Waals surface area contributed by atoms with Crippen molar-refractivity contribution < 1.29 is 18.1 Å². The van der Waals surface area contributed by atoms with E-state index in [-0.39, 0.29) is 11.2 Å². The van der Waals surface area contributed by atoms with Crippen LogP contribution in [0.25, 0.3) is 11.0 Å². The van der Waals surface area contributed by atoms with Crippen LogP contribution in [0, 0.1) is 11.2 Å². The number of hydrogen-bond acceptors (Lipinski definition) is 3. The average molecular weight is 248 g/mol. The summed E-state index contributed by atoms with van der Waals surface area (Å²) in [4.78, 5) is 0. The van der Waals surface area contributed by atoms with Crippen LogP contribution in [0.15, 0.2) is 28.7 Å². The van der Waals surface area contributed by atoms with Crippen LogP contribution in [0.5, 0.6) is 0 Å². The molecule has 1 fully saturated rings. The molecule has 2 heterocycles. The van der Waals surface area contributed by atoms with Gasteiger partial charge in [-0.1, -0.05) is 13.8 Å². The molecule has 1 aliphatic heterocycles. The lowest BCUT2D eigenvalue weighted by atomic mass is 9.81. The smallest absolute Gasteiger partial charge is 0.465 e. The molecule has 1 saturated heterocycles. The van der Waals surface area contributed by atoms with Gasteiger partial charge in [0, 0.05) is 24.0 Å². The van der Waals surface area contributed by atoms with Crippen LogP contribution in [0.2, 0.25) is 0 Å². The summed E-state index contributed by atoms with van der Waals surface area (Å²) in [6.45, 7) is 5.39. The van der Waals surface area contributed by atoms with Crippen molar-refractivity contribution in [1.82, 2.24) is 0 Å². The van der Waals surface area contributed by atoms with E-state index in [9.17, 15) is 4.39 Å². The summed E-state index contributed by atoms with van der Waals surface area (Å²) in [5.41, 5.74) is 1.25. The van der Waals surface area contributed by atoms with Gasteiger partial charge >= 0.3 is 7.12 Å². The lowest BCUT2D eigenvalue weighted by Crippen LogP contribution is -2.46. The number of halogens is 1. The molecule has 0 amide bonds. The predicted octanol–water partition coefficient (Wildman–Crippen LogP) is 2.34. The Bertz CT molecular complexity index is 569. The maximum absolute atomic E-state index is 13.1. The largest absolute Gasteiger partial charge is 0.531 e. The maximum Gasteiger partial charge on any atom is 0.531 e. The molecule has 0 saturated carbocycles. The molecular weight excluding hydrogens is 234 g/mol. The van der Waals surface area contributed by atoms with Crippen molar-refractivity contribution >= 4 is 23.7 Å². The maximum atomic E-state index is 13.1. The van der Waals surface area contributed by atoms with E-state index in [1.54, 1.807) is 12.1 Å². The van der Waals surface area contributed by atoms with E-state index >= 15 is 0 Å². The van der Waals surface area contributed by atoms with Crippen molar-refractivity contribution in [3.05, 3.63) is 30.1 Å². The monoisotopic (exact) mass is 248 g/mol. The summed E-state index contributed by atoms with van der Waals surface area (Å²) in [5, 5.41) is 0.724. The van der Waals surface area contributed by atoms with Crippen molar-refractivity contribution in [2.24, 2.45) is 5.41 Å². The molecule has 3 rings (SSSR count). The number of hydrogen-bond donors (Lipinski definition) is 0. The average Bonchev–Trinajstić information content (AvgIpc) is 2.71. The summed E-state index contributed by atoms with van der Waals surface area (Å²) < 4.78 is 30.0. The molecule has 0 spiro atoms. The van der Waals surface area contributed by atoms with Crippen molar-refractivity contribution in [3.63, 3.8) is 0 Å². The molecule has 0 bridgehead atoms. The Hall–Kier alpha value is -1.33. The Morgan fingerprint density at radius 3 is 2.61 bits per heavy atom. The lowest BCUT2D eigenvalue weighted by Gasteiger charge is -2.32. The highest BCUT2D eigenvalue weighted by Crippen LogP contribution is 2.23. The highest BCUT2D eigenvalue weighted by atomic mass is 19.1. The highest BCUT2D eigenvalue weighted by Gasteiger charge is 2.35. The van der Waals surface area contributed by atoms with Gasteiger partial charge in [0.15, 0.2) is 0 Å². The lowest BCUT2D eigenvalue weighted by molar-refractivity contribution is 0.0327. The quantitative estimate of drug-likeness (QED) is 0.726. The van der Waals surface area contributed by atoms with E-state index in [4.69, 9.17) is 13.7 Å². The van der Waals surface area contributed by atoms with Crippen LogP contribution >= 0.6 is 0 Å². The molecule has 0 atom stereocenters. The first-order valence-corrected chi connectivity index (χ1v) is 5.96. The van der Waals surface area contributed by atoms with Gasteiger partial charge in [-0.3, -0.25) is 0 Å². The van der Waals surface area contributed by atoms with Crippen molar-refractivity contribution in [2.75, 3.05) is 13.2 Å². The van der Waals surface area contributed by atoms with Gasteiger partial charge in [-0.15, -0.1) is 0 Å². The van der Waals surface area contributed by atoms with Crippen LogP contribution in [-0.2, 0) is 9.31 Å². The Labute approximate surface area is 105 Å². The zero-order valence-corrected chi connectivity index (χ0v) is 10.4. The van der Waals surface area contributed by atoms with Crippen molar-refractivity contribution in [3.8, 4) is 0 Å². The summed E-state index contributed by atoms with van der Waals surface area (Å²) in [6, 6.07) is 6.19. The summed E-state index contributed by atoms with van der Waals surface area (Å²) in [5.74, 6) is -0.276. The van der Waals surface area contributed by atoms with Crippen molar-refractivity contribution in [2.45, 2.75) is 13.8 Å². The molecule has 1 aromatic heterocycles. The number of rotatable bonds is 1. The fourth-order valence-corrected chi connectivity index (χ4v) is 2.01. The van der Waals surface area contributed by atoms with Crippen LogP contribution in [0.3, 0.4) is 0 Å². The van der Waals surface area contributed by atoms with Gasteiger partial charge in [0.2, 0.25) is 0 Å². The second kappa shape index (κ2) is 4.11. The van der Waals surface area contributed by atoms with Crippen molar-refractivity contribution in [1.29, 1.82) is 0 Å². The first kappa shape index (κ1) is 11.7. The molecule has 2 aromatic rings. The van der Waals surface area contributed by atoms with Crippen LogP contribution in [-0.4, -0.2) is 20.3 Å². The Morgan fingerprint density at radius 1 is 1.17 bits per heavy atom. The molecule has 1 aromatic carbocycles. The molecule has 0 N–H and O–H groups in total. The molecule has 0 aliphatic carbocycles. The molecule has 1 aliphatic rings. The van der Waals surface area contributed by atoms with Crippen LogP contribution in [0.1, 0.15) is 13.8 Å². The molecule has 3 nitrogen and oxygen atoms in total. The Morgan fingerprint density at radius 2 is 1.89 bits per heavy atom. The Balaban J connectivity index is 1.87. The van der Waals surface area contributed by atoms with E-state index in [0.717, 1.165) is 5.39 Å². The second-order valence-electron chi connectivity index (χ2n) is 5.45. The fraction of sp³-hybridized carbons (Fsp3) is 0.385. The van der Waals surface area contributed by atoms with E-state index in [2.05, 4.69) is 13.8 Å². The van der Waals surface area contributed by atoms with Crippen LogP contribution in [0.4, 0.5) is 4.39 Å². The molecule has 0 unspecified atom stereocenters. The standard InChI is InChI=1S/C13H14BFO3/c1-13(2)7-16-14(17-8-13)12-6-9-5-10(15)3-4-11(9)18-12/h3-6H,7-8H2,1-2H3. The molecule has 18 heavy (non-hydrogen) atoms. The molecule has 0 radical (unpaired) electrons. The van der Waals surface area contributed by atoms with Gasteiger partial charge < -0.3 is 13.7 Å². The third-order valence-electron chi connectivity index (χ3n) is 2.98. The topological polar surface area (TPSA) is 31.6 Å². The van der Waals surface area contributed by atoms with Gasteiger partial charge in [0.25, 0.3) is 0 Å². The number of benzene rings is 1. The molecular formula is C13H14BFO3. The van der Waals surface area contributed by atoms with E-state index in [1.165, 1.54) is 12.1 Å². The van der Waals surface area contributed by atoms with Gasteiger partial charge in [0.05, 0.1) is 0 Å². The fourth-order valence-electron chi connectivity index (χ4n) is 2.01. The van der Waals surface area contributed by atoms with Gasteiger partial charge in [-0.05, 0) is 24.3 Å². The van der Waals surface area contributed by atoms with E-state index in [1.807, 2.05) is 0 Å². The summed E-state index contributed by atoms with van der Waals surface area (Å²) in [7, 11) is -0.492. The minimum atomic E-state index is -0.492. The minimum Gasteiger partial charge on any atom is -0.465 e. The normalized spacial score (nSPS) is 19.4. The second-order valence-corrected chi connectivity index (χ2v) is 5.45. The summed E-state index contributed by atoms with van der Waals surface area (Å²) in [6.07, 6.45) is 0. The van der Waals surface area contributed by atoms with Crippen LogP contribution < -0.4 is 5.66 Å². The predicted molar refractivity (Wildman–Crippen MR) is 67.2 cm³/mol. The van der Waals surface area contributed by atoms with Gasteiger partial charge in [-0.25, -0.2) is 4.39 Å². The van der Waals surface area contributed by atoms with E-state index in [0.29, 0.717) is 24.5 Å².